The fraction of sp³-hybridized carbons (Fsp3) is 0.353. The van der Waals surface area contributed by atoms with Crippen molar-refractivity contribution in [3.05, 3.63) is 52.3 Å². The van der Waals surface area contributed by atoms with Crippen LogP contribution >= 0.6 is 0 Å². The largest absolute Gasteiger partial charge is 0.464 e. The van der Waals surface area contributed by atoms with Gasteiger partial charge in [-0.05, 0) is 31.9 Å². The molecule has 0 aliphatic rings. The van der Waals surface area contributed by atoms with Crippen LogP contribution in [0, 0.1) is 6.92 Å². The van der Waals surface area contributed by atoms with Crippen molar-refractivity contribution >= 4 is 5.97 Å². The monoisotopic (exact) mass is 300 g/mol. The van der Waals surface area contributed by atoms with Crippen LogP contribution in [0.4, 0.5) is 0 Å². The topological polar surface area (TPSA) is 61.2 Å². The van der Waals surface area contributed by atoms with Crippen LogP contribution in [0.1, 0.15) is 31.9 Å². The lowest BCUT2D eigenvalue weighted by Crippen LogP contribution is -2.32. The molecule has 1 aromatic carbocycles. The van der Waals surface area contributed by atoms with Gasteiger partial charge in [-0.1, -0.05) is 31.2 Å². The van der Waals surface area contributed by atoms with E-state index >= 15 is 0 Å². The Kier molecular flexibility index (Phi) is 5.09. The smallest absolute Gasteiger partial charge is 0.331 e. The summed E-state index contributed by atoms with van der Waals surface area (Å²) in [5.41, 5.74) is 2.36. The van der Waals surface area contributed by atoms with E-state index in [1.807, 2.05) is 38.1 Å². The van der Waals surface area contributed by atoms with Gasteiger partial charge in [0.15, 0.2) is 6.04 Å². The average molecular weight is 300 g/mol. The van der Waals surface area contributed by atoms with Gasteiger partial charge in [0.2, 0.25) is 0 Å². The summed E-state index contributed by atoms with van der Waals surface area (Å²) in [6, 6.07) is 10.2. The Labute approximate surface area is 129 Å². The van der Waals surface area contributed by atoms with E-state index in [-0.39, 0.29) is 12.2 Å². The first-order valence-corrected chi connectivity index (χ1v) is 7.41. The van der Waals surface area contributed by atoms with Gasteiger partial charge in [0.05, 0.1) is 12.3 Å². The third-order valence-corrected chi connectivity index (χ3v) is 3.49. The third-order valence-electron chi connectivity index (χ3n) is 3.49. The zero-order chi connectivity index (χ0) is 16.1. The van der Waals surface area contributed by atoms with Gasteiger partial charge in [0, 0.05) is 11.6 Å². The van der Waals surface area contributed by atoms with Crippen molar-refractivity contribution in [2.75, 3.05) is 6.61 Å². The molecule has 2 aromatic rings. The molecule has 0 radical (unpaired) electrons. The van der Waals surface area contributed by atoms with Gasteiger partial charge < -0.3 is 4.74 Å². The van der Waals surface area contributed by atoms with Crippen molar-refractivity contribution in [3.63, 3.8) is 0 Å². The number of aryl methyl sites for hydroxylation is 1. The Hall–Kier alpha value is -2.43. The normalized spacial score (nSPS) is 12.0. The molecule has 116 valence electrons. The lowest BCUT2D eigenvalue weighted by atomic mass is 10.1. The number of carbonyl (C=O) groups excluding carboxylic acids is 1. The summed E-state index contributed by atoms with van der Waals surface area (Å²) in [7, 11) is 0. The second-order valence-corrected chi connectivity index (χ2v) is 4.99. The van der Waals surface area contributed by atoms with Gasteiger partial charge in [-0.25, -0.2) is 9.48 Å². The van der Waals surface area contributed by atoms with E-state index in [9.17, 15) is 9.59 Å². The van der Waals surface area contributed by atoms with Gasteiger partial charge in [0.1, 0.15) is 0 Å². The molecule has 0 bridgehead atoms. The fourth-order valence-electron chi connectivity index (χ4n) is 2.33. The highest BCUT2D eigenvalue weighted by Crippen LogP contribution is 2.20. The summed E-state index contributed by atoms with van der Waals surface area (Å²) in [5.74, 6) is -0.429. The number of hydrogen-bond acceptors (Lipinski definition) is 4. The summed E-state index contributed by atoms with van der Waals surface area (Å²) in [6.07, 6.45) is 0.447. The first-order chi connectivity index (χ1) is 10.6. The number of aromatic nitrogens is 2. The molecule has 0 spiro atoms. The molecule has 1 heterocycles. The maximum absolute atomic E-state index is 12.1. The van der Waals surface area contributed by atoms with Crippen molar-refractivity contribution in [1.29, 1.82) is 0 Å². The molecule has 1 unspecified atom stereocenters. The molecule has 2 rings (SSSR count). The van der Waals surface area contributed by atoms with Crippen LogP contribution in [-0.2, 0) is 9.53 Å². The molecule has 1 aromatic heterocycles. The summed E-state index contributed by atoms with van der Waals surface area (Å²) >= 11 is 0. The molecule has 0 amide bonds. The molecule has 1 atom stereocenters. The van der Waals surface area contributed by atoms with Gasteiger partial charge in [0.25, 0.3) is 5.56 Å². The van der Waals surface area contributed by atoms with E-state index in [0.717, 1.165) is 11.1 Å². The summed E-state index contributed by atoms with van der Waals surface area (Å²) in [4.78, 5) is 24.1. The number of carbonyl (C=O) groups is 1. The number of ether oxygens (including phenoxy) is 1. The minimum Gasteiger partial charge on any atom is -0.464 e. The lowest BCUT2D eigenvalue weighted by Gasteiger charge is -2.16. The molecule has 0 N–H and O–H groups in total. The highest BCUT2D eigenvalue weighted by Gasteiger charge is 2.22. The Balaban J connectivity index is 2.49. The Bertz CT molecular complexity index is 722. The molecule has 0 saturated carbocycles. The van der Waals surface area contributed by atoms with E-state index < -0.39 is 12.0 Å². The van der Waals surface area contributed by atoms with Crippen molar-refractivity contribution in [3.8, 4) is 11.3 Å². The number of nitrogens with zero attached hydrogens (tertiary/aromatic N) is 2. The molecule has 0 saturated heterocycles. The van der Waals surface area contributed by atoms with Gasteiger partial charge in [-0.2, -0.15) is 5.10 Å². The molecular formula is C17H20N2O3. The van der Waals surface area contributed by atoms with Gasteiger partial charge in [-0.15, -0.1) is 0 Å². The standard InChI is InChI=1S/C17H20N2O3/c1-4-15(17(21)22-5-2)19-16(20)11-10-14(18-19)13-9-7-6-8-12(13)3/h6-11,15H,4-5H2,1-3H3. The minimum absolute atomic E-state index is 0.279. The molecule has 22 heavy (non-hydrogen) atoms. The van der Waals surface area contributed by atoms with E-state index in [1.54, 1.807) is 13.0 Å². The molecule has 0 fully saturated rings. The van der Waals surface area contributed by atoms with Crippen LogP contribution in [0.3, 0.4) is 0 Å². The van der Waals surface area contributed by atoms with Crippen LogP contribution in [-0.4, -0.2) is 22.4 Å². The van der Waals surface area contributed by atoms with Crippen LogP contribution in [0.5, 0.6) is 0 Å². The van der Waals surface area contributed by atoms with E-state index in [2.05, 4.69) is 5.10 Å². The second kappa shape index (κ2) is 7.02. The Morgan fingerprint density at radius 2 is 1.95 bits per heavy atom. The second-order valence-electron chi connectivity index (χ2n) is 4.99. The van der Waals surface area contributed by atoms with Crippen LogP contribution in [0.15, 0.2) is 41.2 Å². The van der Waals surface area contributed by atoms with Crippen LogP contribution in [0.25, 0.3) is 11.3 Å². The minimum atomic E-state index is -0.698. The lowest BCUT2D eigenvalue weighted by molar-refractivity contribution is -0.147. The maximum atomic E-state index is 12.1. The quantitative estimate of drug-likeness (QED) is 0.797. The predicted octanol–water partition coefficient (Wildman–Crippen LogP) is 2.73. The first-order valence-electron chi connectivity index (χ1n) is 7.41. The van der Waals surface area contributed by atoms with Gasteiger partial charge in [-0.3, -0.25) is 4.79 Å². The Morgan fingerprint density at radius 1 is 1.23 bits per heavy atom. The zero-order valence-electron chi connectivity index (χ0n) is 13.1. The maximum Gasteiger partial charge on any atom is 0.331 e. The van der Waals surface area contributed by atoms with E-state index in [4.69, 9.17) is 4.74 Å². The molecular weight excluding hydrogens is 280 g/mol. The SMILES string of the molecule is CCOC(=O)C(CC)n1nc(-c2ccccc2C)ccc1=O. The zero-order valence-corrected chi connectivity index (χ0v) is 13.1. The number of rotatable bonds is 5. The van der Waals surface area contributed by atoms with Crippen LogP contribution < -0.4 is 5.56 Å². The third kappa shape index (κ3) is 3.24. The van der Waals surface area contributed by atoms with Gasteiger partial charge >= 0.3 is 5.97 Å². The number of hydrogen-bond donors (Lipinski definition) is 0. The van der Waals surface area contributed by atoms with Crippen molar-refractivity contribution in [1.82, 2.24) is 9.78 Å². The highest BCUT2D eigenvalue weighted by atomic mass is 16.5. The highest BCUT2D eigenvalue weighted by molar-refractivity contribution is 5.74. The summed E-state index contributed by atoms with van der Waals surface area (Å²) in [5, 5.41) is 4.38. The van der Waals surface area contributed by atoms with Crippen molar-refractivity contribution in [2.24, 2.45) is 0 Å². The van der Waals surface area contributed by atoms with E-state index in [0.29, 0.717) is 12.1 Å². The average Bonchev–Trinajstić information content (AvgIpc) is 2.51. The summed E-state index contributed by atoms with van der Waals surface area (Å²) < 4.78 is 6.26. The van der Waals surface area contributed by atoms with Crippen molar-refractivity contribution in [2.45, 2.75) is 33.2 Å². The first kappa shape index (κ1) is 15.9. The fourth-order valence-corrected chi connectivity index (χ4v) is 2.33. The molecule has 0 aliphatic carbocycles. The number of esters is 1. The molecule has 0 aliphatic heterocycles. The Morgan fingerprint density at radius 3 is 2.59 bits per heavy atom. The van der Waals surface area contributed by atoms with E-state index in [1.165, 1.54) is 10.7 Å². The molecule has 5 nitrogen and oxygen atoms in total. The summed E-state index contributed by atoms with van der Waals surface area (Å²) in [6.45, 7) is 5.83. The predicted molar refractivity (Wildman–Crippen MR) is 84.6 cm³/mol. The van der Waals surface area contributed by atoms with Crippen LogP contribution in [0.2, 0.25) is 0 Å². The van der Waals surface area contributed by atoms with Crippen molar-refractivity contribution < 1.29 is 9.53 Å². The molecule has 5 heteroatoms. The number of benzene rings is 1.